The number of likely N-dealkylation sites (tertiary alicyclic amines) is 1. The molecule has 1 rings (SSSR count). The van der Waals surface area contributed by atoms with Crippen molar-refractivity contribution in [2.75, 3.05) is 20.2 Å². The van der Waals surface area contributed by atoms with Gasteiger partial charge in [0.15, 0.2) is 0 Å². The topological polar surface area (TPSA) is 29.5 Å². The third kappa shape index (κ3) is 3.20. The van der Waals surface area contributed by atoms with Crippen LogP contribution in [-0.2, 0) is 9.53 Å². The predicted octanol–water partition coefficient (Wildman–Crippen LogP) is 1.92. The van der Waals surface area contributed by atoms with E-state index in [1.807, 2.05) is 0 Å². The Morgan fingerprint density at radius 1 is 1.47 bits per heavy atom. The van der Waals surface area contributed by atoms with Crippen LogP contribution < -0.4 is 0 Å². The van der Waals surface area contributed by atoms with E-state index < -0.39 is 0 Å². The average Bonchev–Trinajstić information content (AvgIpc) is 2.17. The molecule has 0 unspecified atom stereocenters. The lowest BCUT2D eigenvalue weighted by atomic mass is 9.95. The number of rotatable bonds is 3. The molecule has 0 saturated carbocycles. The van der Waals surface area contributed by atoms with Gasteiger partial charge in [0.2, 0.25) is 0 Å². The van der Waals surface area contributed by atoms with Gasteiger partial charge in [-0.15, -0.1) is 0 Å². The summed E-state index contributed by atoms with van der Waals surface area (Å²) in [5, 5.41) is 0. The molecule has 0 bridgehead atoms. The molecule has 0 aromatic heterocycles. The van der Waals surface area contributed by atoms with E-state index in [1.54, 1.807) is 0 Å². The fraction of sp³-hybridized carbons (Fsp3) is 0.917. The first kappa shape index (κ1) is 12.5. The summed E-state index contributed by atoms with van der Waals surface area (Å²) in [6.07, 6.45) is 2.48. The van der Waals surface area contributed by atoms with Crippen LogP contribution >= 0.6 is 0 Å². The largest absolute Gasteiger partial charge is 0.468 e. The molecule has 1 aliphatic heterocycles. The Morgan fingerprint density at radius 2 is 2.13 bits per heavy atom. The van der Waals surface area contributed by atoms with Gasteiger partial charge in [0.1, 0.15) is 6.04 Å². The molecule has 0 aromatic carbocycles. The van der Waals surface area contributed by atoms with E-state index in [0.717, 1.165) is 13.1 Å². The summed E-state index contributed by atoms with van der Waals surface area (Å²) >= 11 is 0. The fourth-order valence-corrected chi connectivity index (χ4v) is 2.44. The fourth-order valence-electron chi connectivity index (χ4n) is 2.44. The van der Waals surface area contributed by atoms with Crippen molar-refractivity contribution in [3.05, 3.63) is 0 Å². The lowest BCUT2D eigenvalue weighted by Gasteiger charge is -2.37. The number of carbonyl (C=O) groups is 1. The van der Waals surface area contributed by atoms with E-state index in [1.165, 1.54) is 20.0 Å². The lowest BCUT2D eigenvalue weighted by Crippen LogP contribution is -2.49. The Labute approximate surface area is 92.8 Å². The van der Waals surface area contributed by atoms with E-state index in [2.05, 4.69) is 25.7 Å². The van der Waals surface area contributed by atoms with Crippen LogP contribution in [0.4, 0.5) is 0 Å². The van der Waals surface area contributed by atoms with Crippen molar-refractivity contribution < 1.29 is 9.53 Å². The summed E-state index contributed by atoms with van der Waals surface area (Å²) in [5.41, 5.74) is 0. The van der Waals surface area contributed by atoms with Crippen LogP contribution in [0, 0.1) is 11.8 Å². The molecule has 1 saturated heterocycles. The van der Waals surface area contributed by atoms with Gasteiger partial charge in [0, 0.05) is 6.54 Å². The highest BCUT2D eigenvalue weighted by Crippen LogP contribution is 2.21. The molecule has 0 N–H and O–H groups in total. The van der Waals surface area contributed by atoms with E-state index in [4.69, 9.17) is 4.74 Å². The van der Waals surface area contributed by atoms with E-state index in [0.29, 0.717) is 11.8 Å². The molecule has 0 amide bonds. The number of esters is 1. The highest BCUT2D eigenvalue weighted by molar-refractivity contribution is 5.76. The zero-order valence-corrected chi connectivity index (χ0v) is 10.3. The summed E-state index contributed by atoms with van der Waals surface area (Å²) in [4.78, 5) is 14.0. The maximum atomic E-state index is 11.7. The van der Waals surface area contributed by atoms with Crippen molar-refractivity contribution in [1.29, 1.82) is 0 Å². The van der Waals surface area contributed by atoms with Crippen molar-refractivity contribution in [3.63, 3.8) is 0 Å². The highest BCUT2D eigenvalue weighted by Gasteiger charge is 2.32. The summed E-state index contributed by atoms with van der Waals surface area (Å²) in [7, 11) is 1.48. The molecule has 0 aromatic rings. The van der Waals surface area contributed by atoms with Gasteiger partial charge in [-0.25, -0.2) is 0 Å². The van der Waals surface area contributed by atoms with Crippen molar-refractivity contribution in [1.82, 2.24) is 4.90 Å². The van der Waals surface area contributed by atoms with Crippen molar-refractivity contribution in [2.24, 2.45) is 11.8 Å². The summed E-state index contributed by atoms with van der Waals surface area (Å²) < 4.78 is 4.88. The SMILES string of the molecule is COC(=O)[C@@H](C(C)C)N1CCC[C@@H](C)C1. The highest BCUT2D eigenvalue weighted by atomic mass is 16.5. The molecule has 1 aliphatic rings. The van der Waals surface area contributed by atoms with Gasteiger partial charge in [0.25, 0.3) is 0 Å². The Morgan fingerprint density at radius 3 is 2.60 bits per heavy atom. The minimum atomic E-state index is -0.0842. The van der Waals surface area contributed by atoms with Crippen molar-refractivity contribution >= 4 is 5.97 Å². The first-order valence-corrected chi connectivity index (χ1v) is 5.88. The molecule has 15 heavy (non-hydrogen) atoms. The number of methoxy groups -OCH3 is 1. The third-order valence-corrected chi connectivity index (χ3v) is 3.16. The van der Waals surface area contributed by atoms with Crippen LogP contribution in [-0.4, -0.2) is 37.1 Å². The number of carbonyl (C=O) groups excluding carboxylic acids is 1. The summed E-state index contributed by atoms with van der Waals surface area (Å²) in [5.74, 6) is 0.937. The Hall–Kier alpha value is -0.570. The van der Waals surface area contributed by atoms with E-state index >= 15 is 0 Å². The Kier molecular flexibility index (Phi) is 4.58. The van der Waals surface area contributed by atoms with Gasteiger partial charge < -0.3 is 4.74 Å². The summed E-state index contributed by atoms with van der Waals surface area (Å²) in [6, 6.07) is -0.0576. The quantitative estimate of drug-likeness (QED) is 0.671. The van der Waals surface area contributed by atoms with Gasteiger partial charge in [-0.2, -0.15) is 0 Å². The number of piperidine rings is 1. The Bertz CT molecular complexity index is 216. The first-order valence-electron chi connectivity index (χ1n) is 5.88. The van der Waals surface area contributed by atoms with Crippen LogP contribution in [0.15, 0.2) is 0 Å². The van der Waals surface area contributed by atoms with Gasteiger partial charge in [-0.1, -0.05) is 20.8 Å². The maximum Gasteiger partial charge on any atom is 0.323 e. The Balaban J connectivity index is 2.66. The van der Waals surface area contributed by atoms with Crippen LogP contribution in [0.5, 0.6) is 0 Å². The standard InChI is InChI=1S/C12H23NO2/c1-9(2)11(12(14)15-4)13-7-5-6-10(3)8-13/h9-11H,5-8H2,1-4H3/t10-,11-/m1/s1. The van der Waals surface area contributed by atoms with E-state index in [9.17, 15) is 4.79 Å². The second kappa shape index (κ2) is 5.50. The lowest BCUT2D eigenvalue weighted by molar-refractivity contribution is -0.149. The molecule has 3 nitrogen and oxygen atoms in total. The van der Waals surface area contributed by atoms with Gasteiger partial charge in [-0.3, -0.25) is 9.69 Å². The zero-order valence-electron chi connectivity index (χ0n) is 10.3. The van der Waals surface area contributed by atoms with Gasteiger partial charge in [-0.05, 0) is 31.2 Å². The number of ether oxygens (including phenoxy) is 1. The van der Waals surface area contributed by atoms with Crippen LogP contribution in [0.2, 0.25) is 0 Å². The minimum absolute atomic E-state index is 0.0576. The average molecular weight is 213 g/mol. The maximum absolute atomic E-state index is 11.7. The van der Waals surface area contributed by atoms with Crippen LogP contribution in [0.3, 0.4) is 0 Å². The summed E-state index contributed by atoms with van der Waals surface area (Å²) in [6.45, 7) is 8.47. The molecule has 1 fully saturated rings. The second-order valence-electron chi connectivity index (χ2n) is 4.95. The molecule has 3 heteroatoms. The third-order valence-electron chi connectivity index (χ3n) is 3.16. The molecular formula is C12H23NO2. The molecular weight excluding hydrogens is 190 g/mol. The second-order valence-corrected chi connectivity index (χ2v) is 4.95. The van der Waals surface area contributed by atoms with Crippen molar-refractivity contribution in [3.8, 4) is 0 Å². The van der Waals surface area contributed by atoms with Crippen LogP contribution in [0.1, 0.15) is 33.6 Å². The first-order chi connectivity index (χ1) is 7.06. The molecule has 1 heterocycles. The zero-order chi connectivity index (χ0) is 11.4. The van der Waals surface area contributed by atoms with Gasteiger partial charge in [0.05, 0.1) is 7.11 Å². The molecule has 0 aliphatic carbocycles. The molecule has 88 valence electrons. The monoisotopic (exact) mass is 213 g/mol. The predicted molar refractivity (Wildman–Crippen MR) is 60.6 cm³/mol. The number of hydrogen-bond donors (Lipinski definition) is 0. The number of nitrogens with zero attached hydrogens (tertiary/aromatic N) is 1. The van der Waals surface area contributed by atoms with Crippen LogP contribution in [0.25, 0.3) is 0 Å². The number of hydrogen-bond acceptors (Lipinski definition) is 3. The van der Waals surface area contributed by atoms with Gasteiger partial charge >= 0.3 is 5.97 Å². The molecule has 0 radical (unpaired) electrons. The normalized spacial score (nSPS) is 25.3. The van der Waals surface area contributed by atoms with Crippen molar-refractivity contribution in [2.45, 2.75) is 39.7 Å². The minimum Gasteiger partial charge on any atom is -0.468 e. The molecule has 2 atom stereocenters. The molecule has 0 spiro atoms. The van der Waals surface area contributed by atoms with E-state index in [-0.39, 0.29) is 12.0 Å². The smallest absolute Gasteiger partial charge is 0.323 e.